The van der Waals surface area contributed by atoms with Gasteiger partial charge in [0, 0.05) is 6.04 Å². The van der Waals surface area contributed by atoms with Crippen molar-refractivity contribution in [3.63, 3.8) is 0 Å². The molecule has 0 atom stereocenters. The monoisotopic (exact) mass is 223 g/mol. The smallest absolute Gasteiger partial charge is 0.207 e. The second-order valence-corrected chi connectivity index (χ2v) is 5.29. The SMILES string of the molecule is O=S(=O)(NC1CC=CC1)c1ccccc1. The van der Waals surface area contributed by atoms with Gasteiger partial charge < -0.3 is 0 Å². The van der Waals surface area contributed by atoms with Gasteiger partial charge in [0.1, 0.15) is 0 Å². The third-order valence-electron chi connectivity index (χ3n) is 2.38. The molecule has 1 aliphatic rings. The summed E-state index contributed by atoms with van der Waals surface area (Å²) in [5.74, 6) is 0. The maximum absolute atomic E-state index is 11.8. The van der Waals surface area contributed by atoms with E-state index in [1.807, 2.05) is 12.2 Å². The molecule has 1 N–H and O–H groups in total. The summed E-state index contributed by atoms with van der Waals surface area (Å²) < 4.78 is 26.4. The molecule has 2 rings (SSSR count). The predicted octanol–water partition coefficient (Wildman–Crippen LogP) is 1.68. The number of sulfonamides is 1. The second kappa shape index (κ2) is 4.16. The average Bonchev–Trinajstić information content (AvgIpc) is 2.71. The Morgan fingerprint density at radius 3 is 2.27 bits per heavy atom. The molecule has 0 aliphatic heterocycles. The van der Waals surface area contributed by atoms with E-state index in [1.165, 1.54) is 0 Å². The van der Waals surface area contributed by atoms with Crippen molar-refractivity contribution in [1.82, 2.24) is 4.72 Å². The fraction of sp³-hybridized carbons (Fsp3) is 0.273. The van der Waals surface area contributed by atoms with Gasteiger partial charge in [-0.2, -0.15) is 0 Å². The molecule has 0 unspecified atom stereocenters. The van der Waals surface area contributed by atoms with Crippen LogP contribution in [0.25, 0.3) is 0 Å². The van der Waals surface area contributed by atoms with E-state index in [2.05, 4.69) is 4.72 Å². The zero-order chi connectivity index (χ0) is 10.7. The number of nitrogens with one attached hydrogen (secondary N) is 1. The standard InChI is InChI=1S/C11H13NO2S/c13-15(14,11-8-2-1-3-9-11)12-10-6-4-5-7-10/h1-5,8-10,12H,6-7H2. The van der Waals surface area contributed by atoms with Gasteiger partial charge in [-0.3, -0.25) is 0 Å². The molecule has 0 saturated heterocycles. The highest BCUT2D eigenvalue weighted by Crippen LogP contribution is 2.14. The Morgan fingerprint density at radius 1 is 1.07 bits per heavy atom. The topological polar surface area (TPSA) is 46.2 Å². The van der Waals surface area contributed by atoms with Gasteiger partial charge in [-0.25, -0.2) is 13.1 Å². The third-order valence-corrected chi connectivity index (χ3v) is 3.92. The summed E-state index contributed by atoms with van der Waals surface area (Å²) in [6.45, 7) is 0. The maximum atomic E-state index is 11.8. The van der Waals surface area contributed by atoms with E-state index in [4.69, 9.17) is 0 Å². The molecule has 0 bridgehead atoms. The quantitative estimate of drug-likeness (QED) is 0.792. The second-order valence-electron chi connectivity index (χ2n) is 3.57. The molecule has 0 spiro atoms. The summed E-state index contributed by atoms with van der Waals surface area (Å²) in [7, 11) is -3.33. The van der Waals surface area contributed by atoms with Gasteiger partial charge in [0.2, 0.25) is 10.0 Å². The fourth-order valence-electron chi connectivity index (χ4n) is 1.60. The number of rotatable bonds is 3. The van der Waals surface area contributed by atoms with Crippen LogP contribution in [0.3, 0.4) is 0 Å². The molecule has 4 heteroatoms. The van der Waals surface area contributed by atoms with Crippen LogP contribution in [-0.2, 0) is 10.0 Å². The van der Waals surface area contributed by atoms with Crippen LogP contribution in [-0.4, -0.2) is 14.5 Å². The van der Waals surface area contributed by atoms with Gasteiger partial charge >= 0.3 is 0 Å². The lowest BCUT2D eigenvalue weighted by Crippen LogP contribution is -2.32. The van der Waals surface area contributed by atoms with Gasteiger partial charge in [0.05, 0.1) is 4.90 Å². The van der Waals surface area contributed by atoms with E-state index in [0.29, 0.717) is 4.90 Å². The first-order valence-electron chi connectivity index (χ1n) is 4.91. The molecule has 0 amide bonds. The molecule has 0 saturated carbocycles. The molecule has 1 aromatic carbocycles. The highest BCUT2D eigenvalue weighted by Gasteiger charge is 2.19. The highest BCUT2D eigenvalue weighted by molar-refractivity contribution is 7.89. The van der Waals surface area contributed by atoms with E-state index in [9.17, 15) is 8.42 Å². The van der Waals surface area contributed by atoms with Gasteiger partial charge in [-0.1, -0.05) is 30.4 Å². The molecule has 0 fully saturated rings. The first-order valence-corrected chi connectivity index (χ1v) is 6.39. The summed E-state index contributed by atoms with van der Waals surface area (Å²) in [4.78, 5) is 0.330. The summed E-state index contributed by atoms with van der Waals surface area (Å²) in [5.41, 5.74) is 0. The van der Waals surface area contributed by atoms with Crippen molar-refractivity contribution in [1.29, 1.82) is 0 Å². The molecule has 0 radical (unpaired) electrons. The van der Waals surface area contributed by atoms with Crippen LogP contribution in [0.1, 0.15) is 12.8 Å². The maximum Gasteiger partial charge on any atom is 0.240 e. The minimum atomic E-state index is -3.33. The minimum Gasteiger partial charge on any atom is -0.207 e. The van der Waals surface area contributed by atoms with Gasteiger partial charge in [0.15, 0.2) is 0 Å². The normalized spacial score (nSPS) is 17.1. The Hall–Kier alpha value is -1.13. The first-order chi connectivity index (χ1) is 7.18. The molecular formula is C11H13NO2S. The number of hydrogen-bond acceptors (Lipinski definition) is 2. The minimum absolute atomic E-state index is 0.0233. The van der Waals surface area contributed by atoms with Crippen LogP contribution < -0.4 is 4.72 Å². The molecule has 3 nitrogen and oxygen atoms in total. The van der Waals surface area contributed by atoms with Crippen molar-refractivity contribution in [3.05, 3.63) is 42.5 Å². The lowest BCUT2D eigenvalue weighted by molar-refractivity contribution is 0.557. The van der Waals surface area contributed by atoms with E-state index >= 15 is 0 Å². The molecule has 15 heavy (non-hydrogen) atoms. The lowest BCUT2D eigenvalue weighted by Gasteiger charge is -2.12. The zero-order valence-electron chi connectivity index (χ0n) is 8.26. The van der Waals surface area contributed by atoms with Crippen molar-refractivity contribution >= 4 is 10.0 Å². The van der Waals surface area contributed by atoms with E-state index in [-0.39, 0.29) is 6.04 Å². The first kappa shape index (κ1) is 10.4. The molecular weight excluding hydrogens is 210 g/mol. The Balaban J connectivity index is 2.14. The molecule has 1 aliphatic carbocycles. The van der Waals surface area contributed by atoms with Crippen LogP contribution in [0.5, 0.6) is 0 Å². The van der Waals surface area contributed by atoms with Gasteiger partial charge in [0.25, 0.3) is 0 Å². The predicted molar refractivity (Wildman–Crippen MR) is 58.9 cm³/mol. The van der Waals surface area contributed by atoms with Gasteiger partial charge in [-0.05, 0) is 25.0 Å². The van der Waals surface area contributed by atoms with E-state index in [1.54, 1.807) is 30.3 Å². The van der Waals surface area contributed by atoms with Crippen molar-refractivity contribution in [3.8, 4) is 0 Å². The van der Waals surface area contributed by atoms with Crippen molar-refractivity contribution in [2.75, 3.05) is 0 Å². The van der Waals surface area contributed by atoms with Crippen LogP contribution in [0.4, 0.5) is 0 Å². The lowest BCUT2D eigenvalue weighted by atomic mass is 10.3. The highest BCUT2D eigenvalue weighted by atomic mass is 32.2. The average molecular weight is 223 g/mol. The Labute approximate surface area is 89.9 Å². The summed E-state index contributed by atoms with van der Waals surface area (Å²) in [5, 5.41) is 0. The van der Waals surface area contributed by atoms with Crippen LogP contribution in [0.2, 0.25) is 0 Å². The molecule has 0 heterocycles. The Kier molecular flexibility index (Phi) is 2.88. The summed E-state index contributed by atoms with van der Waals surface area (Å²) in [6.07, 6.45) is 5.56. The molecule has 1 aromatic rings. The third kappa shape index (κ3) is 2.46. The van der Waals surface area contributed by atoms with Crippen LogP contribution in [0, 0.1) is 0 Å². The summed E-state index contributed by atoms with van der Waals surface area (Å²) in [6, 6.07) is 8.48. The van der Waals surface area contributed by atoms with Crippen LogP contribution >= 0.6 is 0 Å². The van der Waals surface area contributed by atoms with Gasteiger partial charge in [-0.15, -0.1) is 0 Å². The number of hydrogen-bond donors (Lipinski definition) is 1. The zero-order valence-corrected chi connectivity index (χ0v) is 9.07. The summed E-state index contributed by atoms with van der Waals surface area (Å²) >= 11 is 0. The van der Waals surface area contributed by atoms with Crippen molar-refractivity contribution in [2.45, 2.75) is 23.8 Å². The van der Waals surface area contributed by atoms with Crippen molar-refractivity contribution in [2.24, 2.45) is 0 Å². The van der Waals surface area contributed by atoms with Crippen LogP contribution in [0.15, 0.2) is 47.4 Å². The van der Waals surface area contributed by atoms with E-state index in [0.717, 1.165) is 12.8 Å². The Bertz CT molecular complexity index is 443. The largest absolute Gasteiger partial charge is 0.240 e. The van der Waals surface area contributed by atoms with Crippen molar-refractivity contribution < 1.29 is 8.42 Å². The van der Waals surface area contributed by atoms with E-state index < -0.39 is 10.0 Å². The fourth-order valence-corrected chi connectivity index (χ4v) is 2.88. The molecule has 80 valence electrons. The number of benzene rings is 1. The Morgan fingerprint density at radius 2 is 1.67 bits per heavy atom. The molecule has 0 aromatic heterocycles.